The van der Waals surface area contributed by atoms with Crippen LogP contribution in [0.1, 0.15) is 36.7 Å². The Kier molecular flexibility index (Phi) is 6.53. The van der Waals surface area contributed by atoms with Gasteiger partial charge in [-0.25, -0.2) is 4.79 Å². The summed E-state index contributed by atoms with van der Waals surface area (Å²) in [4.78, 5) is 35.8. The summed E-state index contributed by atoms with van der Waals surface area (Å²) < 4.78 is 5.46. The van der Waals surface area contributed by atoms with Gasteiger partial charge in [0.15, 0.2) is 5.78 Å². The van der Waals surface area contributed by atoms with Crippen LogP contribution in [-0.4, -0.2) is 22.4 Å². The summed E-state index contributed by atoms with van der Waals surface area (Å²) >= 11 is 0. The summed E-state index contributed by atoms with van der Waals surface area (Å²) in [6.45, 7) is 5.22. The van der Waals surface area contributed by atoms with Crippen LogP contribution in [-0.2, 0) is 4.74 Å². The highest BCUT2D eigenvalue weighted by Gasteiger charge is 2.24. The topological polar surface area (TPSA) is 102 Å². The van der Waals surface area contributed by atoms with Gasteiger partial charge in [-0.3, -0.25) is 20.3 Å². The molecule has 0 heterocycles. The number of nitrogens with one attached hydrogen (secondary N) is 1. The zero-order chi connectivity index (χ0) is 23.3. The largest absolute Gasteiger partial charge is 0.442 e. The summed E-state index contributed by atoms with van der Waals surface area (Å²) in [5.41, 5.74) is 4.07. The molecule has 0 saturated heterocycles. The third-order valence-electron chi connectivity index (χ3n) is 4.32. The predicted octanol–water partition coefficient (Wildman–Crippen LogP) is 5.59. The van der Waals surface area contributed by atoms with Gasteiger partial charge in [0.05, 0.1) is 16.3 Å². The number of nitro benzene ring substituents is 1. The van der Waals surface area contributed by atoms with E-state index in [1.165, 1.54) is 24.3 Å². The first-order chi connectivity index (χ1) is 15.1. The van der Waals surface area contributed by atoms with Gasteiger partial charge in [-0.1, -0.05) is 30.3 Å². The Bertz CT molecular complexity index is 1110. The number of hydrogen-bond acceptors (Lipinski definition) is 6. The third kappa shape index (κ3) is 5.69. The van der Waals surface area contributed by atoms with E-state index in [1.807, 2.05) is 6.07 Å². The monoisotopic (exact) mass is 433 g/mol. The normalized spacial score (nSPS) is 10.8. The Labute approximate surface area is 185 Å². The number of non-ortho nitro benzene ring substituents is 1. The minimum absolute atomic E-state index is 0.0957. The number of carbonyl (C=O) groups excluding carboxylic acids is 2. The van der Waals surface area contributed by atoms with Crippen molar-refractivity contribution in [2.45, 2.75) is 26.4 Å². The lowest BCUT2D eigenvalue weighted by Gasteiger charge is -2.28. The number of hydrazine groups is 1. The van der Waals surface area contributed by atoms with Crippen LogP contribution in [0.15, 0.2) is 78.9 Å². The predicted molar refractivity (Wildman–Crippen MR) is 122 cm³/mol. The first-order valence-electron chi connectivity index (χ1n) is 9.88. The van der Waals surface area contributed by atoms with Crippen LogP contribution in [0.2, 0.25) is 0 Å². The van der Waals surface area contributed by atoms with E-state index in [9.17, 15) is 19.7 Å². The van der Waals surface area contributed by atoms with Crippen molar-refractivity contribution in [3.8, 4) is 0 Å². The van der Waals surface area contributed by atoms with Gasteiger partial charge in [-0.05, 0) is 57.2 Å². The molecule has 0 spiro atoms. The number of ether oxygens (including phenoxy) is 1. The number of ketones is 1. The molecule has 0 saturated carbocycles. The maximum Gasteiger partial charge on any atom is 0.433 e. The molecule has 0 unspecified atom stereocenters. The second-order valence-corrected chi connectivity index (χ2v) is 7.97. The first kappa shape index (κ1) is 22.5. The molecule has 1 N–H and O–H groups in total. The number of nitrogens with zero attached hydrogens (tertiary/aromatic N) is 2. The quantitative estimate of drug-likeness (QED) is 0.309. The lowest BCUT2D eigenvalue weighted by molar-refractivity contribution is -0.384. The molecule has 0 aliphatic heterocycles. The second kappa shape index (κ2) is 9.30. The van der Waals surface area contributed by atoms with Gasteiger partial charge < -0.3 is 4.74 Å². The second-order valence-electron chi connectivity index (χ2n) is 7.97. The zero-order valence-corrected chi connectivity index (χ0v) is 17.9. The molecule has 0 bridgehead atoms. The van der Waals surface area contributed by atoms with E-state index in [0.717, 1.165) is 5.01 Å². The molecule has 0 radical (unpaired) electrons. The number of nitro groups is 1. The van der Waals surface area contributed by atoms with Crippen LogP contribution < -0.4 is 10.4 Å². The molecule has 3 rings (SSSR count). The minimum atomic E-state index is -0.746. The number of anilines is 2. The highest BCUT2D eigenvalue weighted by molar-refractivity contribution is 6.09. The Morgan fingerprint density at radius 3 is 1.97 bits per heavy atom. The SMILES string of the molecule is CC(C)(C)OC(=O)N(Nc1ccc(C(=O)c2ccccc2)cc1)c1ccc([N+](=O)[O-])cc1. The van der Waals surface area contributed by atoms with Crippen LogP contribution in [0.5, 0.6) is 0 Å². The standard InChI is InChI=1S/C24H23N3O5/c1-24(2,3)32-23(29)26(20-13-15-21(16-14-20)27(30)31)25-19-11-9-18(10-12-19)22(28)17-7-5-4-6-8-17/h4-16,25H,1-3H3. The number of amides is 1. The zero-order valence-electron chi connectivity index (χ0n) is 17.9. The molecule has 164 valence electrons. The minimum Gasteiger partial charge on any atom is -0.442 e. The molecule has 8 heteroatoms. The lowest BCUT2D eigenvalue weighted by atomic mass is 10.0. The number of benzene rings is 3. The maximum absolute atomic E-state index is 12.8. The van der Waals surface area contributed by atoms with Crippen molar-refractivity contribution >= 4 is 28.9 Å². The molecule has 32 heavy (non-hydrogen) atoms. The molecular formula is C24H23N3O5. The highest BCUT2D eigenvalue weighted by Crippen LogP contribution is 2.23. The molecule has 0 atom stereocenters. The number of hydrogen-bond donors (Lipinski definition) is 1. The van der Waals surface area contributed by atoms with Crippen LogP contribution in [0.4, 0.5) is 21.9 Å². The maximum atomic E-state index is 12.8. The molecule has 0 fully saturated rings. The van der Waals surface area contributed by atoms with E-state index < -0.39 is 16.6 Å². The molecule has 3 aromatic rings. The number of rotatable bonds is 6. The highest BCUT2D eigenvalue weighted by atomic mass is 16.6. The van der Waals surface area contributed by atoms with Gasteiger partial charge in [0.1, 0.15) is 5.60 Å². The van der Waals surface area contributed by atoms with E-state index >= 15 is 0 Å². The van der Waals surface area contributed by atoms with Crippen LogP contribution in [0, 0.1) is 10.1 Å². The van der Waals surface area contributed by atoms with Gasteiger partial charge in [-0.2, -0.15) is 5.01 Å². The number of carbonyl (C=O) groups is 2. The van der Waals surface area contributed by atoms with Crippen molar-refractivity contribution in [3.05, 3.63) is 100 Å². The van der Waals surface area contributed by atoms with Gasteiger partial charge >= 0.3 is 6.09 Å². The molecular weight excluding hydrogens is 410 g/mol. The van der Waals surface area contributed by atoms with E-state index in [0.29, 0.717) is 22.5 Å². The van der Waals surface area contributed by atoms with Gasteiger partial charge in [0.2, 0.25) is 0 Å². The molecule has 1 amide bonds. The van der Waals surface area contributed by atoms with Crippen molar-refractivity contribution in [3.63, 3.8) is 0 Å². The van der Waals surface area contributed by atoms with E-state index in [1.54, 1.807) is 69.3 Å². The van der Waals surface area contributed by atoms with Gasteiger partial charge in [0.25, 0.3) is 5.69 Å². The van der Waals surface area contributed by atoms with Gasteiger partial charge in [-0.15, -0.1) is 0 Å². The van der Waals surface area contributed by atoms with Crippen LogP contribution >= 0.6 is 0 Å². The fraction of sp³-hybridized carbons (Fsp3) is 0.167. The Balaban J connectivity index is 1.84. The van der Waals surface area contributed by atoms with Crippen LogP contribution in [0.25, 0.3) is 0 Å². The Morgan fingerprint density at radius 1 is 0.875 bits per heavy atom. The van der Waals surface area contributed by atoms with Crippen molar-refractivity contribution < 1.29 is 19.2 Å². The molecule has 3 aromatic carbocycles. The van der Waals surface area contributed by atoms with E-state index in [4.69, 9.17) is 4.74 Å². The Morgan fingerprint density at radius 2 is 1.44 bits per heavy atom. The van der Waals surface area contributed by atoms with Crippen molar-refractivity contribution in [1.29, 1.82) is 0 Å². The summed E-state index contributed by atoms with van der Waals surface area (Å²) in [6, 6.07) is 21.1. The molecule has 0 aliphatic rings. The summed E-state index contributed by atoms with van der Waals surface area (Å²) in [6.07, 6.45) is -0.684. The third-order valence-corrected chi connectivity index (χ3v) is 4.32. The average molecular weight is 433 g/mol. The van der Waals surface area contributed by atoms with Crippen molar-refractivity contribution in [2.75, 3.05) is 10.4 Å². The Hall–Kier alpha value is -4.20. The smallest absolute Gasteiger partial charge is 0.433 e. The first-order valence-corrected chi connectivity index (χ1v) is 9.88. The molecule has 8 nitrogen and oxygen atoms in total. The van der Waals surface area contributed by atoms with Gasteiger partial charge in [0, 0.05) is 23.3 Å². The molecule has 0 aliphatic carbocycles. The summed E-state index contributed by atoms with van der Waals surface area (Å²) in [5, 5.41) is 12.1. The lowest BCUT2D eigenvalue weighted by Crippen LogP contribution is -2.40. The summed E-state index contributed by atoms with van der Waals surface area (Å²) in [7, 11) is 0. The van der Waals surface area contributed by atoms with Crippen molar-refractivity contribution in [1.82, 2.24) is 0 Å². The van der Waals surface area contributed by atoms with Crippen molar-refractivity contribution in [2.24, 2.45) is 0 Å². The fourth-order valence-corrected chi connectivity index (χ4v) is 2.83. The fourth-order valence-electron chi connectivity index (χ4n) is 2.83. The van der Waals surface area contributed by atoms with E-state index in [2.05, 4.69) is 5.43 Å². The van der Waals surface area contributed by atoms with E-state index in [-0.39, 0.29) is 11.5 Å². The average Bonchev–Trinajstić information content (AvgIpc) is 2.77. The summed E-state index contributed by atoms with van der Waals surface area (Å²) in [5.74, 6) is -0.114. The van der Waals surface area contributed by atoms with Crippen LogP contribution in [0.3, 0.4) is 0 Å². The molecule has 0 aromatic heterocycles.